The molecular formula is C16H21N3. The highest BCUT2D eigenvalue weighted by Crippen LogP contribution is 2.21. The second-order valence-electron chi connectivity index (χ2n) is 5.70. The zero-order valence-electron chi connectivity index (χ0n) is 11.7. The second kappa shape index (κ2) is 5.22. The standard InChI is InChI=1S/C16H21N3/c1-16(2,3)19-15-10-8-14(9-11-15)18-13-6-4-12(17)5-7-13/h4-11,18-19H,17H2,1-3H3. The minimum atomic E-state index is 0.0753. The van der Waals surface area contributed by atoms with E-state index in [0.717, 1.165) is 22.7 Å². The molecule has 0 bridgehead atoms. The van der Waals surface area contributed by atoms with Gasteiger partial charge in [-0.15, -0.1) is 0 Å². The summed E-state index contributed by atoms with van der Waals surface area (Å²) in [5.41, 5.74) is 9.72. The summed E-state index contributed by atoms with van der Waals surface area (Å²) in [6.45, 7) is 6.44. The Hall–Kier alpha value is -2.16. The summed E-state index contributed by atoms with van der Waals surface area (Å²) in [6.07, 6.45) is 0. The van der Waals surface area contributed by atoms with Crippen molar-refractivity contribution < 1.29 is 0 Å². The topological polar surface area (TPSA) is 50.1 Å². The number of nitrogen functional groups attached to an aromatic ring is 1. The zero-order valence-corrected chi connectivity index (χ0v) is 11.7. The molecule has 0 heterocycles. The van der Waals surface area contributed by atoms with Gasteiger partial charge in [0, 0.05) is 28.3 Å². The lowest BCUT2D eigenvalue weighted by Crippen LogP contribution is -2.25. The van der Waals surface area contributed by atoms with Crippen LogP contribution in [0.25, 0.3) is 0 Å². The van der Waals surface area contributed by atoms with Crippen LogP contribution >= 0.6 is 0 Å². The van der Waals surface area contributed by atoms with Crippen LogP contribution in [0.1, 0.15) is 20.8 Å². The first-order valence-corrected chi connectivity index (χ1v) is 6.43. The van der Waals surface area contributed by atoms with E-state index in [9.17, 15) is 0 Å². The molecule has 19 heavy (non-hydrogen) atoms. The average molecular weight is 255 g/mol. The fraction of sp³-hybridized carbons (Fsp3) is 0.250. The van der Waals surface area contributed by atoms with Crippen molar-refractivity contribution in [3.63, 3.8) is 0 Å². The number of nitrogens with one attached hydrogen (secondary N) is 2. The zero-order chi connectivity index (χ0) is 13.9. The molecule has 0 atom stereocenters. The van der Waals surface area contributed by atoms with Crippen LogP contribution in [0.3, 0.4) is 0 Å². The lowest BCUT2D eigenvalue weighted by atomic mass is 10.1. The predicted octanol–water partition coefficient (Wildman–Crippen LogP) is 4.22. The highest BCUT2D eigenvalue weighted by atomic mass is 14.9. The van der Waals surface area contributed by atoms with Crippen LogP contribution in [0.15, 0.2) is 48.5 Å². The van der Waals surface area contributed by atoms with Crippen LogP contribution in [0, 0.1) is 0 Å². The summed E-state index contributed by atoms with van der Waals surface area (Å²) in [5.74, 6) is 0. The first kappa shape index (κ1) is 13.3. The van der Waals surface area contributed by atoms with Crippen LogP contribution in [0.2, 0.25) is 0 Å². The Morgan fingerprint density at radius 1 is 0.737 bits per heavy atom. The highest BCUT2D eigenvalue weighted by molar-refractivity contribution is 5.64. The molecule has 3 heteroatoms. The molecule has 0 aliphatic heterocycles. The van der Waals surface area contributed by atoms with Gasteiger partial charge in [0.2, 0.25) is 0 Å². The Morgan fingerprint density at radius 3 is 1.63 bits per heavy atom. The summed E-state index contributed by atoms with van der Waals surface area (Å²) in [7, 11) is 0. The number of hydrogen-bond acceptors (Lipinski definition) is 3. The van der Waals surface area contributed by atoms with E-state index in [-0.39, 0.29) is 5.54 Å². The summed E-state index contributed by atoms with van der Waals surface area (Å²) in [5, 5.41) is 6.77. The summed E-state index contributed by atoms with van der Waals surface area (Å²) in [6, 6.07) is 16.0. The summed E-state index contributed by atoms with van der Waals surface area (Å²) >= 11 is 0. The maximum absolute atomic E-state index is 5.66. The molecule has 2 rings (SSSR count). The van der Waals surface area contributed by atoms with Gasteiger partial charge in [0.05, 0.1) is 0 Å². The summed E-state index contributed by atoms with van der Waals surface area (Å²) in [4.78, 5) is 0. The molecule has 0 fully saturated rings. The van der Waals surface area contributed by atoms with Gasteiger partial charge in [-0.1, -0.05) is 0 Å². The van der Waals surface area contributed by atoms with Crippen molar-refractivity contribution in [2.24, 2.45) is 0 Å². The Labute approximate surface area is 114 Å². The van der Waals surface area contributed by atoms with Gasteiger partial charge in [0.25, 0.3) is 0 Å². The SMILES string of the molecule is CC(C)(C)Nc1ccc(Nc2ccc(N)cc2)cc1. The summed E-state index contributed by atoms with van der Waals surface area (Å²) < 4.78 is 0. The largest absolute Gasteiger partial charge is 0.399 e. The van der Waals surface area contributed by atoms with Crippen molar-refractivity contribution in [3.8, 4) is 0 Å². The average Bonchev–Trinajstić information content (AvgIpc) is 2.33. The minimum absolute atomic E-state index is 0.0753. The van der Waals surface area contributed by atoms with E-state index in [1.54, 1.807) is 0 Å². The first-order chi connectivity index (χ1) is 8.92. The van der Waals surface area contributed by atoms with Gasteiger partial charge in [-0.3, -0.25) is 0 Å². The van der Waals surface area contributed by atoms with Gasteiger partial charge in [0.1, 0.15) is 0 Å². The monoisotopic (exact) mass is 255 g/mol. The van der Waals surface area contributed by atoms with Crippen molar-refractivity contribution in [1.29, 1.82) is 0 Å². The second-order valence-corrected chi connectivity index (χ2v) is 5.70. The third-order valence-corrected chi connectivity index (χ3v) is 2.60. The molecule has 3 nitrogen and oxygen atoms in total. The third-order valence-electron chi connectivity index (χ3n) is 2.60. The van der Waals surface area contributed by atoms with Crippen LogP contribution in [0.4, 0.5) is 22.7 Å². The first-order valence-electron chi connectivity index (χ1n) is 6.43. The van der Waals surface area contributed by atoms with E-state index in [1.807, 2.05) is 24.3 Å². The van der Waals surface area contributed by atoms with E-state index < -0.39 is 0 Å². The van der Waals surface area contributed by atoms with Crippen molar-refractivity contribution in [2.75, 3.05) is 16.4 Å². The fourth-order valence-electron chi connectivity index (χ4n) is 1.80. The molecule has 0 saturated heterocycles. The van der Waals surface area contributed by atoms with Crippen LogP contribution < -0.4 is 16.4 Å². The molecular weight excluding hydrogens is 234 g/mol. The van der Waals surface area contributed by atoms with Gasteiger partial charge in [-0.25, -0.2) is 0 Å². The van der Waals surface area contributed by atoms with Crippen LogP contribution in [0.5, 0.6) is 0 Å². The lowest BCUT2D eigenvalue weighted by molar-refractivity contribution is 0.634. The molecule has 0 aromatic heterocycles. The number of rotatable bonds is 3. The van der Waals surface area contributed by atoms with E-state index in [1.165, 1.54) is 0 Å². The molecule has 0 spiro atoms. The Morgan fingerprint density at radius 2 is 1.16 bits per heavy atom. The Balaban J connectivity index is 2.04. The van der Waals surface area contributed by atoms with E-state index in [2.05, 4.69) is 55.7 Å². The van der Waals surface area contributed by atoms with Crippen molar-refractivity contribution in [3.05, 3.63) is 48.5 Å². The van der Waals surface area contributed by atoms with Gasteiger partial charge in [0.15, 0.2) is 0 Å². The van der Waals surface area contributed by atoms with Crippen LogP contribution in [-0.2, 0) is 0 Å². The van der Waals surface area contributed by atoms with Crippen LogP contribution in [-0.4, -0.2) is 5.54 Å². The van der Waals surface area contributed by atoms with E-state index in [4.69, 9.17) is 5.73 Å². The molecule has 2 aromatic carbocycles. The van der Waals surface area contributed by atoms with Gasteiger partial charge < -0.3 is 16.4 Å². The lowest BCUT2D eigenvalue weighted by Gasteiger charge is -2.22. The van der Waals surface area contributed by atoms with Crippen molar-refractivity contribution >= 4 is 22.7 Å². The van der Waals surface area contributed by atoms with Crippen molar-refractivity contribution in [2.45, 2.75) is 26.3 Å². The Bertz CT molecular complexity index is 521. The molecule has 4 N–H and O–H groups in total. The smallest absolute Gasteiger partial charge is 0.0385 e. The maximum Gasteiger partial charge on any atom is 0.0385 e. The number of benzene rings is 2. The van der Waals surface area contributed by atoms with Crippen molar-refractivity contribution in [1.82, 2.24) is 0 Å². The van der Waals surface area contributed by atoms with Gasteiger partial charge in [-0.2, -0.15) is 0 Å². The van der Waals surface area contributed by atoms with Gasteiger partial charge in [-0.05, 0) is 69.3 Å². The van der Waals surface area contributed by atoms with E-state index >= 15 is 0 Å². The molecule has 0 aliphatic carbocycles. The molecule has 0 saturated carbocycles. The molecule has 0 amide bonds. The quantitative estimate of drug-likeness (QED) is 0.720. The predicted molar refractivity (Wildman–Crippen MR) is 84.0 cm³/mol. The molecule has 2 aromatic rings. The third kappa shape index (κ3) is 4.21. The fourth-order valence-corrected chi connectivity index (χ4v) is 1.80. The number of nitrogens with two attached hydrogens (primary N) is 1. The molecule has 0 radical (unpaired) electrons. The molecule has 0 aliphatic rings. The maximum atomic E-state index is 5.66. The molecule has 100 valence electrons. The van der Waals surface area contributed by atoms with Gasteiger partial charge >= 0.3 is 0 Å². The number of hydrogen-bond donors (Lipinski definition) is 3. The highest BCUT2D eigenvalue weighted by Gasteiger charge is 2.08. The normalized spacial score (nSPS) is 11.1. The van der Waals surface area contributed by atoms with E-state index in [0.29, 0.717) is 0 Å². The number of anilines is 4. The minimum Gasteiger partial charge on any atom is -0.399 e. The molecule has 0 unspecified atom stereocenters. The Kier molecular flexibility index (Phi) is 3.65.